The molecule has 206 valence electrons. The molecular formula is C30H33BrN2O6. The molecule has 0 fully saturated rings. The lowest BCUT2D eigenvalue weighted by molar-refractivity contribution is -0.123. The zero-order valence-electron chi connectivity index (χ0n) is 22.2. The predicted octanol–water partition coefficient (Wildman–Crippen LogP) is 5.96. The summed E-state index contributed by atoms with van der Waals surface area (Å²) < 4.78 is 16.6. The van der Waals surface area contributed by atoms with Gasteiger partial charge in [-0.15, -0.1) is 0 Å². The maximum Gasteiger partial charge on any atom is 0.514 e. The van der Waals surface area contributed by atoms with Gasteiger partial charge >= 0.3 is 12.2 Å². The van der Waals surface area contributed by atoms with Crippen molar-refractivity contribution in [2.45, 2.75) is 51.9 Å². The minimum atomic E-state index is -0.864. The van der Waals surface area contributed by atoms with Crippen LogP contribution in [0.15, 0.2) is 83.3 Å². The second-order valence-electron chi connectivity index (χ2n) is 9.81. The van der Waals surface area contributed by atoms with E-state index in [0.717, 1.165) is 21.2 Å². The molecule has 0 aliphatic heterocycles. The number of hydrogen-bond acceptors (Lipinski definition) is 6. The molecule has 2 N–H and O–H groups in total. The van der Waals surface area contributed by atoms with Gasteiger partial charge in [-0.05, 0) is 56.5 Å². The number of carbonyl (C=O) groups is 3. The van der Waals surface area contributed by atoms with Gasteiger partial charge in [0.15, 0.2) is 0 Å². The van der Waals surface area contributed by atoms with Crippen molar-refractivity contribution in [2.24, 2.45) is 0 Å². The van der Waals surface area contributed by atoms with Gasteiger partial charge < -0.3 is 24.8 Å². The first kappa shape index (κ1) is 29.7. The van der Waals surface area contributed by atoms with Gasteiger partial charge in [0.25, 0.3) is 0 Å². The number of hydrogen-bond donors (Lipinski definition) is 2. The van der Waals surface area contributed by atoms with Crippen LogP contribution in [-0.4, -0.2) is 36.3 Å². The van der Waals surface area contributed by atoms with E-state index in [-0.39, 0.29) is 18.9 Å². The van der Waals surface area contributed by atoms with Crippen molar-refractivity contribution < 1.29 is 28.6 Å². The molecule has 3 rings (SSSR count). The van der Waals surface area contributed by atoms with E-state index in [4.69, 9.17) is 14.2 Å². The minimum absolute atomic E-state index is 0.0652. The molecule has 0 aromatic heterocycles. The van der Waals surface area contributed by atoms with Crippen molar-refractivity contribution in [3.8, 4) is 5.75 Å². The first-order valence-corrected chi connectivity index (χ1v) is 13.4. The molecule has 0 spiro atoms. The number of rotatable bonds is 10. The van der Waals surface area contributed by atoms with Crippen LogP contribution < -0.4 is 15.4 Å². The molecule has 0 heterocycles. The van der Waals surface area contributed by atoms with Crippen molar-refractivity contribution in [1.29, 1.82) is 0 Å². The fourth-order valence-electron chi connectivity index (χ4n) is 3.56. The summed E-state index contributed by atoms with van der Waals surface area (Å²) in [5.74, 6) is -0.0346. The Morgan fingerprint density at radius 3 is 2.21 bits per heavy atom. The van der Waals surface area contributed by atoms with Crippen molar-refractivity contribution in [2.75, 3.05) is 6.54 Å². The molecule has 0 saturated carbocycles. The minimum Gasteiger partial charge on any atom is -0.444 e. The summed E-state index contributed by atoms with van der Waals surface area (Å²) in [6, 6.07) is 23.0. The van der Waals surface area contributed by atoms with E-state index in [2.05, 4.69) is 26.6 Å². The third kappa shape index (κ3) is 10.8. The summed E-state index contributed by atoms with van der Waals surface area (Å²) in [6.45, 7) is 5.75. The monoisotopic (exact) mass is 596 g/mol. The molecule has 9 heteroatoms. The Morgan fingerprint density at radius 2 is 1.54 bits per heavy atom. The maximum absolute atomic E-state index is 13.0. The van der Waals surface area contributed by atoms with Gasteiger partial charge in [0.1, 0.15) is 24.0 Å². The lowest BCUT2D eigenvalue weighted by Crippen LogP contribution is -2.49. The molecule has 3 aromatic carbocycles. The fraction of sp³-hybridized carbons (Fsp3) is 0.300. The van der Waals surface area contributed by atoms with Gasteiger partial charge in [-0.3, -0.25) is 4.79 Å². The maximum atomic E-state index is 13.0. The summed E-state index contributed by atoms with van der Waals surface area (Å²) >= 11 is 3.41. The van der Waals surface area contributed by atoms with E-state index in [1.54, 1.807) is 45.0 Å². The highest BCUT2D eigenvalue weighted by atomic mass is 79.9. The van der Waals surface area contributed by atoms with Gasteiger partial charge in [0.2, 0.25) is 5.91 Å². The third-order valence-corrected chi connectivity index (χ3v) is 6.20. The average Bonchev–Trinajstić information content (AvgIpc) is 2.88. The molecule has 0 radical (unpaired) electrons. The SMILES string of the molecule is CC(C)(C)OC(=O)N[C@@H](Cc1ccc(OC(=O)OCc2ccccc2Br)cc1)C(=O)NCCc1ccccc1. The van der Waals surface area contributed by atoms with Gasteiger partial charge in [0.05, 0.1) is 0 Å². The van der Waals surface area contributed by atoms with Crippen LogP contribution in [0.2, 0.25) is 0 Å². The second kappa shape index (κ2) is 14.3. The average molecular weight is 598 g/mol. The highest BCUT2D eigenvalue weighted by molar-refractivity contribution is 9.10. The molecule has 0 aliphatic rings. The number of carbonyl (C=O) groups excluding carboxylic acids is 3. The zero-order chi connectivity index (χ0) is 28.3. The van der Waals surface area contributed by atoms with Crippen LogP contribution in [0.5, 0.6) is 5.75 Å². The van der Waals surface area contributed by atoms with Crippen LogP contribution in [0, 0.1) is 0 Å². The quantitative estimate of drug-likeness (QED) is 0.221. The first-order valence-electron chi connectivity index (χ1n) is 12.6. The largest absolute Gasteiger partial charge is 0.514 e. The summed E-state index contributed by atoms with van der Waals surface area (Å²) in [5, 5.41) is 5.56. The standard InChI is InChI=1S/C30H33BrN2O6/c1-30(2,3)39-28(35)33-26(27(34)32-18-17-21-9-5-4-6-10-21)19-22-13-15-24(16-14-22)38-29(36)37-20-23-11-7-8-12-25(23)31/h4-16,26H,17-20H2,1-3H3,(H,32,34)(H,33,35)/t26-/m0/s1. The lowest BCUT2D eigenvalue weighted by atomic mass is 10.0. The molecule has 2 amide bonds. The van der Waals surface area contributed by atoms with Crippen LogP contribution in [0.1, 0.15) is 37.5 Å². The van der Waals surface area contributed by atoms with Gasteiger partial charge in [-0.25, -0.2) is 9.59 Å². The number of halogens is 1. The van der Waals surface area contributed by atoms with E-state index in [1.807, 2.05) is 54.6 Å². The second-order valence-corrected chi connectivity index (χ2v) is 10.7. The van der Waals surface area contributed by atoms with Crippen molar-refractivity contribution in [3.05, 3.63) is 100 Å². The molecule has 0 saturated heterocycles. The van der Waals surface area contributed by atoms with Crippen molar-refractivity contribution >= 4 is 34.1 Å². The summed E-state index contributed by atoms with van der Waals surface area (Å²) in [6.07, 6.45) is -0.641. The van der Waals surface area contributed by atoms with Crippen LogP contribution in [0.4, 0.5) is 9.59 Å². The predicted molar refractivity (Wildman–Crippen MR) is 151 cm³/mol. The van der Waals surface area contributed by atoms with E-state index in [0.29, 0.717) is 18.7 Å². The Labute approximate surface area is 237 Å². The third-order valence-electron chi connectivity index (χ3n) is 5.43. The van der Waals surface area contributed by atoms with Gasteiger partial charge in [0, 0.05) is 23.0 Å². The van der Waals surface area contributed by atoms with Crippen LogP contribution in [0.3, 0.4) is 0 Å². The molecule has 1 atom stereocenters. The Hall–Kier alpha value is -3.85. The molecule has 0 unspecified atom stereocenters. The Balaban J connectivity index is 1.57. The van der Waals surface area contributed by atoms with Crippen molar-refractivity contribution in [1.82, 2.24) is 10.6 Å². The number of benzene rings is 3. The van der Waals surface area contributed by atoms with Crippen molar-refractivity contribution in [3.63, 3.8) is 0 Å². The molecule has 3 aromatic rings. The molecule has 0 bridgehead atoms. The Morgan fingerprint density at radius 1 is 0.872 bits per heavy atom. The Kier molecular flexibility index (Phi) is 10.9. The normalized spacial score (nSPS) is 11.7. The lowest BCUT2D eigenvalue weighted by Gasteiger charge is -2.23. The molecule has 0 aliphatic carbocycles. The van der Waals surface area contributed by atoms with Gasteiger partial charge in [-0.1, -0.05) is 76.6 Å². The highest BCUT2D eigenvalue weighted by Gasteiger charge is 2.24. The van der Waals surface area contributed by atoms with Crippen LogP contribution in [0.25, 0.3) is 0 Å². The summed E-state index contributed by atoms with van der Waals surface area (Å²) in [4.78, 5) is 37.5. The van der Waals surface area contributed by atoms with E-state index in [1.165, 1.54) is 0 Å². The summed E-state index contributed by atoms with van der Waals surface area (Å²) in [7, 11) is 0. The summed E-state index contributed by atoms with van der Waals surface area (Å²) in [5.41, 5.74) is 1.96. The number of nitrogens with one attached hydrogen (secondary N) is 2. The molecular weight excluding hydrogens is 564 g/mol. The van der Waals surface area contributed by atoms with Gasteiger partial charge in [-0.2, -0.15) is 0 Å². The number of ether oxygens (including phenoxy) is 3. The van der Waals surface area contributed by atoms with E-state index >= 15 is 0 Å². The van der Waals surface area contributed by atoms with Crippen LogP contribution in [-0.2, 0) is 33.7 Å². The number of alkyl carbamates (subject to hydrolysis) is 1. The first-order chi connectivity index (χ1) is 18.6. The molecule has 8 nitrogen and oxygen atoms in total. The smallest absolute Gasteiger partial charge is 0.444 e. The molecule has 39 heavy (non-hydrogen) atoms. The topological polar surface area (TPSA) is 103 Å². The van der Waals surface area contributed by atoms with Crippen LogP contribution >= 0.6 is 15.9 Å². The van der Waals surface area contributed by atoms with E-state index < -0.39 is 23.9 Å². The fourth-order valence-corrected chi connectivity index (χ4v) is 3.96. The highest BCUT2D eigenvalue weighted by Crippen LogP contribution is 2.18. The zero-order valence-corrected chi connectivity index (χ0v) is 23.8. The Bertz CT molecular complexity index is 1240. The van der Waals surface area contributed by atoms with E-state index in [9.17, 15) is 14.4 Å². The number of amides is 2.